The highest BCUT2D eigenvalue weighted by atomic mass is 32.1. The fourth-order valence-corrected chi connectivity index (χ4v) is 2.74. The van der Waals surface area contributed by atoms with Crippen LogP contribution in [0.4, 0.5) is 10.8 Å². The minimum atomic E-state index is -0.118. The number of nitrogens with zero attached hydrogens (tertiary/aromatic N) is 2. The lowest BCUT2D eigenvalue weighted by Gasteiger charge is -2.06. The highest BCUT2D eigenvalue weighted by Gasteiger charge is 2.08. The Labute approximate surface area is 139 Å². The number of amides is 2. The highest BCUT2D eigenvalue weighted by Crippen LogP contribution is 2.17. The minimum Gasteiger partial charge on any atom is -0.326 e. The molecule has 0 aliphatic heterocycles. The summed E-state index contributed by atoms with van der Waals surface area (Å²) < 4.78 is 0. The van der Waals surface area contributed by atoms with Gasteiger partial charge in [0.05, 0.1) is 12.1 Å². The molecule has 1 aromatic heterocycles. The summed E-state index contributed by atoms with van der Waals surface area (Å²) in [5, 5.41) is 8.06. The third-order valence-corrected chi connectivity index (χ3v) is 3.72. The number of thiazole rings is 1. The molecule has 23 heavy (non-hydrogen) atoms. The van der Waals surface area contributed by atoms with Crippen molar-refractivity contribution < 1.29 is 9.59 Å². The molecule has 122 valence electrons. The SMILES string of the molecule is CC(=O)Nc1ccc(CC(=O)Nc2nc(CN(C)C)cs2)cc1. The van der Waals surface area contributed by atoms with Crippen LogP contribution in [0.25, 0.3) is 0 Å². The maximum atomic E-state index is 12.1. The zero-order valence-corrected chi connectivity index (χ0v) is 14.2. The van der Waals surface area contributed by atoms with E-state index in [9.17, 15) is 9.59 Å². The fourth-order valence-electron chi connectivity index (χ4n) is 2.02. The molecule has 1 aromatic carbocycles. The number of hydrogen-bond donors (Lipinski definition) is 2. The van der Waals surface area contributed by atoms with Gasteiger partial charge in [-0.3, -0.25) is 9.59 Å². The molecule has 2 rings (SSSR count). The van der Waals surface area contributed by atoms with Gasteiger partial charge in [0.15, 0.2) is 5.13 Å². The van der Waals surface area contributed by atoms with Crippen LogP contribution in [0.15, 0.2) is 29.6 Å². The van der Waals surface area contributed by atoms with Gasteiger partial charge in [-0.25, -0.2) is 4.98 Å². The summed E-state index contributed by atoms with van der Waals surface area (Å²) in [7, 11) is 3.95. The molecule has 2 N–H and O–H groups in total. The van der Waals surface area contributed by atoms with Crippen molar-refractivity contribution in [3.8, 4) is 0 Å². The first kappa shape index (κ1) is 17.1. The lowest BCUT2D eigenvalue weighted by atomic mass is 10.1. The van der Waals surface area contributed by atoms with E-state index in [4.69, 9.17) is 0 Å². The van der Waals surface area contributed by atoms with Gasteiger partial charge in [0, 0.05) is 24.5 Å². The van der Waals surface area contributed by atoms with Gasteiger partial charge in [0.1, 0.15) is 0 Å². The standard InChI is InChI=1S/C16H20N4O2S/c1-11(21)17-13-6-4-12(5-7-13)8-15(22)19-16-18-14(10-23-16)9-20(2)3/h4-7,10H,8-9H2,1-3H3,(H,17,21)(H,18,19,22). The fraction of sp³-hybridized carbons (Fsp3) is 0.312. The first-order valence-corrected chi connectivity index (χ1v) is 8.06. The molecule has 0 unspecified atom stereocenters. The summed E-state index contributed by atoms with van der Waals surface area (Å²) >= 11 is 1.42. The number of rotatable bonds is 6. The van der Waals surface area contributed by atoms with E-state index in [2.05, 4.69) is 15.6 Å². The molecular formula is C16H20N4O2S. The van der Waals surface area contributed by atoms with Crippen LogP contribution in [0.3, 0.4) is 0 Å². The predicted molar refractivity (Wildman–Crippen MR) is 92.6 cm³/mol. The third kappa shape index (κ3) is 5.80. The van der Waals surface area contributed by atoms with Gasteiger partial charge in [-0.05, 0) is 31.8 Å². The maximum Gasteiger partial charge on any atom is 0.230 e. The van der Waals surface area contributed by atoms with Crippen LogP contribution in [0.2, 0.25) is 0 Å². The zero-order valence-electron chi connectivity index (χ0n) is 13.4. The molecule has 0 radical (unpaired) electrons. The van der Waals surface area contributed by atoms with Crippen LogP contribution < -0.4 is 10.6 Å². The molecule has 0 fully saturated rings. The van der Waals surface area contributed by atoms with E-state index in [1.807, 2.05) is 36.5 Å². The number of hydrogen-bond acceptors (Lipinski definition) is 5. The first-order valence-electron chi connectivity index (χ1n) is 7.18. The zero-order chi connectivity index (χ0) is 16.8. The van der Waals surface area contributed by atoms with Crippen LogP contribution >= 0.6 is 11.3 Å². The molecule has 6 nitrogen and oxygen atoms in total. The van der Waals surface area contributed by atoms with E-state index in [0.29, 0.717) is 5.13 Å². The summed E-state index contributed by atoms with van der Waals surface area (Å²) in [4.78, 5) is 29.4. The van der Waals surface area contributed by atoms with Crippen molar-refractivity contribution in [2.24, 2.45) is 0 Å². The minimum absolute atomic E-state index is 0.108. The molecule has 2 amide bonds. The highest BCUT2D eigenvalue weighted by molar-refractivity contribution is 7.13. The third-order valence-electron chi connectivity index (χ3n) is 2.92. The summed E-state index contributed by atoms with van der Waals surface area (Å²) in [6.45, 7) is 2.21. The van der Waals surface area contributed by atoms with Crippen LogP contribution in [-0.2, 0) is 22.6 Å². The Hall–Kier alpha value is -2.25. The Balaban J connectivity index is 1.89. The van der Waals surface area contributed by atoms with Crippen LogP contribution in [0.5, 0.6) is 0 Å². The van der Waals surface area contributed by atoms with E-state index in [0.717, 1.165) is 23.5 Å². The Morgan fingerprint density at radius 1 is 1.17 bits per heavy atom. The molecule has 0 aliphatic carbocycles. The number of aromatic nitrogens is 1. The second-order valence-electron chi connectivity index (χ2n) is 5.48. The molecular weight excluding hydrogens is 312 g/mol. The van der Waals surface area contributed by atoms with Crippen molar-refractivity contribution in [3.05, 3.63) is 40.9 Å². The van der Waals surface area contributed by atoms with Crippen molar-refractivity contribution in [3.63, 3.8) is 0 Å². The van der Waals surface area contributed by atoms with Gasteiger partial charge >= 0.3 is 0 Å². The van der Waals surface area contributed by atoms with Crippen LogP contribution in [-0.4, -0.2) is 35.8 Å². The lowest BCUT2D eigenvalue weighted by molar-refractivity contribution is -0.116. The molecule has 0 aliphatic rings. The Morgan fingerprint density at radius 3 is 2.48 bits per heavy atom. The molecule has 2 aromatic rings. The van der Waals surface area contributed by atoms with Gasteiger partial charge in [-0.15, -0.1) is 11.3 Å². The van der Waals surface area contributed by atoms with E-state index < -0.39 is 0 Å². The van der Waals surface area contributed by atoms with Crippen LogP contribution in [0, 0.1) is 0 Å². The number of carbonyl (C=O) groups is 2. The smallest absolute Gasteiger partial charge is 0.230 e. The van der Waals surface area contributed by atoms with Crippen molar-refractivity contribution in [2.45, 2.75) is 19.9 Å². The summed E-state index contributed by atoms with van der Waals surface area (Å²) in [6.07, 6.45) is 0.267. The predicted octanol–water partition coefficient (Wildman–Crippen LogP) is 2.34. The quantitative estimate of drug-likeness (QED) is 0.851. The number of benzene rings is 1. The van der Waals surface area contributed by atoms with E-state index >= 15 is 0 Å². The van der Waals surface area contributed by atoms with E-state index in [-0.39, 0.29) is 18.2 Å². The van der Waals surface area contributed by atoms with E-state index in [1.54, 1.807) is 12.1 Å². The van der Waals surface area contributed by atoms with Crippen LogP contribution in [0.1, 0.15) is 18.2 Å². The summed E-state index contributed by atoms with van der Waals surface area (Å²) in [5.74, 6) is -0.226. The normalized spacial score (nSPS) is 10.6. The molecule has 0 spiro atoms. The molecule has 0 saturated heterocycles. The van der Waals surface area contributed by atoms with Gasteiger partial charge in [0.2, 0.25) is 11.8 Å². The lowest BCUT2D eigenvalue weighted by Crippen LogP contribution is -2.15. The average molecular weight is 332 g/mol. The Morgan fingerprint density at radius 2 is 1.87 bits per heavy atom. The Bertz CT molecular complexity index is 680. The Kier molecular flexibility index (Phi) is 5.84. The second-order valence-corrected chi connectivity index (χ2v) is 6.34. The molecule has 7 heteroatoms. The monoisotopic (exact) mass is 332 g/mol. The number of nitrogens with one attached hydrogen (secondary N) is 2. The molecule has 1 heterocycles. The van der Waals surface area contributed by atoms with Crippen molar-refractivity contribution in [1.82, 2.24) is 9.88 Å². The van der Waals surface area contributed by atoms with Gasteiger partial charge in [-0.2, -0.15) is 0 Å². The average Bonchev–Trinajstić information content (AvgIpc) is 2.86. The molecule has 0 saturated carbocycles. The number of anilines is 2. The summed E-state index contributed by atoms with van der Waals surface area (Å²) in [6, 6.07) is 7.21. The van der Waals surface area contributed by atoms with Crippen molar-refractivity contribution in [2.75, 3.05) is 24.7 Å². The second kappa shape index (κ2) is 7.85. The van der Waals surface area contributed by atoms with Crippen molar-refractivity contribution >= 4 is 34.0 Å². The van der Waals surface area contributed by atoms with Gasteiger partial charge in [0.25, 0.3) is 0 Å². The van der Waals surface area contributed by atoms with Gasteiger partial charge < -0.3 is 15.5 Å². The first-order chi connectivity index (χ1) is 10.9. The summed E-state index contributed by atoms with van der Waals surface area (Å²) in [5.41, 5.74) is 2.53. The van der Waals surface area contributed by atoms with Crippen molar-refractivity contribution in [1.29, 1.82) is 0 Å². The molecule has 0 bridgehead atoms. The van der Waals surface area contributed by atoms with Gasteiger partial charge in [-0.1, -0.05) is 12.1 Å². The topological polar surface area (TPSA) is 74.3 Å². The number of carbonyl (C=O) groups excluding carboxylic acids is 2. The molecule has 0 atom stereocenters. The van der Waals surface area contributed by atoms with E-state index in [1.165, 1.54) is 18.3 Å². The maximum absolute atomic E-state index is 12.1. The largest absolute Gasteiger partial charge is 0.326 e.